The molecule has 0 radical (unpaired) electrons. The summed E-state index contributed by atoms with van der Waals surface area (Å²) in [6.45, 7) is 2.00. The van der Waals surface area contributed by atoms with Gasteiger partial charge in [0, 0.05) is 6.42 Å². The van der Waals surface area contributed by atoms with Gasteiger partial charge in [-0.2, -0.15) is 0 Å². The number of aryl methyl sites for hydroxylation is 1. The van der Waals surface area contributed by atoms with Crippen LogP contribution in [0.3, 0.4) is 0 Å². The van der Waals surface area contributed by atoms with E-state index in [0.29, 0.717) is 5.69 Å². The van der Waals surface area contributed by atoms with Gasteiger partial charge in [-0.25, -0.2) is 4.98 Å². The first kappa shape index (κ1) is 7.16. The topological polar surface area (TPSA) is 52.0 Å². The van der Waals surface area contributed by atoms with Gasteiger partial charge in [0.05, 0.1) is 5.69 Å². The molecule has 2 aromatic rings. The molecule has 0 aliphatic heterocycles. The number of hydrogen-bond acceptors (Lipinski definition) is 3. The average Bonchev–Trinajstić information content (AvgIpc) is 2.49. The zero-order valence-corrected chi connectivity index (χ0v) is 6.87. The van der Waals surface area contributed by atoms with Crippen LogP contribution in [0.4, 0.5) is 5.69 Å². The summed E-state index contributed by atoms with van der Waals surface area (Å²) in [4.78, 5) is 4.24. The quantitative estimate of drug-likeness (QED) is 0.652. The Morgan fingerprint density at radius 1 is 1.50 bits per heavy atom. The number of anilines is 1. The Morgan fingerprint density at radius 2 is 2.33 bits per heavy atom. The van der Waals surface area contributed by atoms with Crippen molar-refractivity contribution in [2.24, 2.45) is 0 Å². The number of para-hydroxylation sites is 1. The molecule has 0 fully saturated rings. The molecule has 0 saturated heterocycles. The Bertz CT molecular complexity index is 406. The molecule has 3 heteroatoms. The average molecular weight is 162 g/mol. The Hall–Kier alpha value is -1.51. The fourth-order valence-electron chi connectivity index (χ4n) is 1.17. The van der Waals surface area contributed by atoms with Crippen molar-refractivity contribution < 1.29 is 4.42 Å². The summed E-state index contributed by atoms with van der Waals surface area (Å²) >= 11 is 0. The summed E-state index contributed by atoms with van der Waals surface area (Å²) in [5, 5.41) is 0. The zero-order chi connectivity index (χ0) is 8.55. The number of aromatic nitrogens is 1. The van der Waals surface area contributed by atoms with Gasteiger partial charge in [-0.05, 0) is 12.1 Å². The second kappa shape index (κ2) is 2.52. The molecule has 0 saturated carbocycles. The standard InChI is InChI=1S/C9H10N2O/c1-2-8-11-9-6(10)4-3-5-7(9)12-8/h3-5H,2,10H2,1H3. The molecule has 1 aromatic heterocycles. The summed E-state index contributed by atoms with van der Waals surface area (Å²) in [5.41, 5.74) is 7.92. The smallest absolute Gasteiger partial charge is 0.195 e. The monoisotopic (exact) mass is 162 g/mol. The first-order valence-electron chi connectivity index (χ1n) is 3.95. The fraction of sp³-hybridized carbons (Fsp3) is 0.222. The Labute approximate surface area is 70.2 Å². The lowest BCUT2D eigenvalue weighted by molar-refractivity contribution is 0.538. The first-order chi connectivity index (χ1) is 5.81. The number of nitrogens with two attached hydrogens (primary N) is 1. The van der Waals surface area contributed by atoms with E-state index in [1.807, 2.05) is 25.1 Å². The lowest BCUT2D eigenvalue weighted by atomic mass is 10.3. The van der Waals surface area contributed by atoms with Crippen LogP contribution in [-0.2, 0) is 6.42 Å². The Balaban J connectivity index is 2.74. The Kier molecular flexibility index (Phi) is 1.50. The summed E-state index contributed by atoms with van der Waals surface area (Å²) in [6, 6.07) is 5.56. The molecule has 3 nitrogen and oxygen atoms in total. The zero-order valence-electron chi connectivity index (χ0n) is 6.87. The first-order valence-corrected chi connectivity index (χ1v) is 3.95. The number of benzene rings is 1. The van der Waals surface area contributed by atoms with Gasteiger partial charge in [0.15, 0.2) is 11.5 Å². The van der Waals surface area contributed by atoms with Crippen molar-refractivity contribution in [3.05, 3.63) is 24.1 Å². The van der Waals surface area contributed by atoms with Gasteiger partial charge in [0.25, 0.3) is 0 Å². The number of fused-ring (bicyclic) bond motifs is 1. The third kappa shape index (κ3) is 0.942. The maximum absolute atomic E-state index is 5.70. The molecule has 1 heterocycles. The molecule has 0 bridgehead atoms. The van der Waals surface area contributed by atoms with E-state index < -0.39 is 0 Å². The second-order valence-corrected chi connectivity index (χ2v) is 2.66. The van der Waals surface area contributed by atoms with Gasteiger partial charge in [0.1, 0.15) is 5.52 Å². The van der Waals surface area contributed by atoms with Crippen molar-refractivity contribution in [1.29, 1.82) is 0 Å². The van der Waals surface area contributed by atoms with Crippen LogP contribution in [0.15, 0.2) is 22.6 Å². The molecule has 0 aliphatic carbocycles. The molecule has 0 amide bonds. The van der Waals surface area contributed by atoms with Gasteiger partial charge < -0.3 is 10.2 Å². The minimum absolute atomic E-state index is 0.677. The summed E-state index contributed by atoms with van der Waals surface area (Å²) in [5.74, 6) is 0.739. The van der Waals surface area contributed by atoms with Gasteiger partial charge in [-0.15, -0.1) is 0 Å². The van der Waals surface area contributed by atoms with Crippen LogP contribution in [0, 0.1) is 0 Å². The van der Waals surface area contributed by atoms with Gasteiger partial charge in [0.2, 0.25) is 0 Å². The number of hydrogen-bond donors (Lipinski definition) is 1. The van der Waals surface area contributed by atoms with Crippen LogP contribution < -0.4 is 5.73 Å². The second-order valence-electron chi connectivity index (χ2n) is 2.66. The number of nitrogens with zero attached hydrogens (tertiary/aromatic N) is 1. The highest BCUT2D eigenvalue weighted by atomic mass is 16.3. The van der Waals surface area contributed by atoms with Gasteiger partial charge >= 0.3 is 0 Å². The summed E-state index contributed by atoms with van der Waals surface area (Å²) in [6.07, 6.45) is 0.800. The highest BCUT2D eigenvalue weighted by Crippen LogP contribution is 2.20. The van der Waals surface area contributed by atoms with E-state index >= 15 is 0 Å². The Morgan fingerprint density at radius 3 is 3.00 bits per heavy atom. The highest BCUT2D eigenvalue weighted by molar-refractivity contribution is 5.85. The van der Waals surface area contributed by atoms with E-state index in [1.165, 1.54) is 0 Å². The third-order valence-corrected chi connectivity index (χ3v) is 1.80. The van der Waals surface area contributed by atoms with E-state index in [9.17, 15) is 0 Å². The molecule has 62 valence electrons. The lowest BCUT2D eigenvalue weighted by Gasteiger charge is -1.89. The number of rotatable bonds is 1. The molecule has 2 N–H and O–H groups in total. The van der Waals surface area contributed by atoms with Crippen molar-refractivity contribution in [2.75, 3.05) is 5.73 Å². The number of nitrogen functional groups attached to an aromatic ring is 1. The summed E-state index contributed by atoms with van der Waals surface area (Å²) < 4.78 is 5.41. The van der Waals surface area contributed by atoms with E-state index in [2.05, 4.69) is 4.98 Å². The van der Waals surface area contributed by atoms with Crippen molar-refractivity contribution in [3.63, 3.8) is 0 Å². The maximum Gasteiger partial charge on any atom is 0.195 e. The molecule has 0 atom stereocenters. The molecular formula is C9H10N2O. The summed E-state index contributed by atoms with van der Waals surface area (Å²) in [7, 11) is 0. The molecule has 1 aromatic carbocycles. The fourth-order valence-corrected chi connectivity index (χ4v) is 1.17. The van der Waals surface area contributed by atoms with Crippen molar-refractivity contribution >= 4 is 16.8 Å². The molecule has 2 rings (SSSR count). The minimum Gasteiger partial charge on any atom is -0.441 e. The molecular weight excluding hydrogens is 152 g/mol. The van der Waals surface area contributed by atoms with E-state index in [0.717, 1.165) is 23.4 Å². The maximum atomic E-state index is 5.70. The molecule has 0 unspecified atom stereocenters. The molecule has 12 heavy (non-hydrogen) atoms. The van der Waals surface area contributed by atoms with Crippen LogP contribution in [0.5, 0.6) is 0 Å². The lowest BCUT2D eigenvalue weighted by Crippen LogP contribution is -1.85. The van der Waals surface area contributed by atoms with Crippen LogP contribution in [-0.4, -0.2) is 4.98 Å². The van der Waals surface area contributed by atoms with Crippen LogP contribution in [0.1, 0.15) is 12.8 Å². The van der Waals surface area contributed by atoms with Crippen LogP contribution in [0.25, 0.3) is 11.1 Å². The van der Waals surface area contributed by atoms with Crippen molar-refractivity contribution in [3.8, 4) is 0 Å². The van der Waals surface area contributed by atoms with E-state index in [4.69, 9.17) is 10.2 Å². The van der Waals surface area contributed by atoms with Crippen LogP contribution in [0.2, 0.25) is 0 Å². The minimum atomic E-state index is 0.677. The number of oxazole rings is 1. The van der Waals surface area contributed by atoms with Crippen LogP contribution >= 0.6 is 0 Å². The highest BCUT2D eigenvalue weighted by Gasteiger charge is 2.04. The van der Waals surface area contributed by atoms with Gasteiger partial charge in [-0.3, -0.25) is 0 Å². The predicted octanol–water partition coefficient (Wildman–Crippen LogP) is 1.97. The third-order valence-electron chi connectivity index (χ3n) is 1.80. The van der Waals surface area contributed by atoms with E-state index in [1.54, 1.807) is 0 Å². The molecule has 0 aliphatic rings. The van der Waals surface area contributed by atoms with Crippen molar-refractivity contribution in [1.82, 2.24) is 4.98 Å². The van der Waals surface area contributed by atoms with Crippen molar-refractivity contribution in [2.45, 2.75) is 13.3 Å². The van der Waals surface area contributed by atoms with E-state index in [-0.39, 0.29) is 0 Å². The van der Waals surface area contributed by atoms with Gasteiger partial charge in [-0.1, -0.05) is 13.0 Å². The largest absolute Gasteiger partial charge is 0.441 e. The molecule has 0 spiro atoms. The SMILES string of the molecule is CCc1nc2c(N)cccc2o1. The predicted molar refractivity (Wildman–Crippen MR) is 47.8 cm³/mol. The normalized spacial score (nSPS) is 10.8.